The van der Waals surface area contributed by atoms with Gasteiger partial charge in [-0.3, -0.25) is 4.79 Å². The van der Waals surface area contributed by atoms with Crippen LogP contribution in [0.2, 0.25) is 0 Å². The molecule has 0 radical (unpaired) electrons. The highest BCUT2D eigenvalue weighted by atomic mass is 32.2. The molecule has 18 heavy (non-hydrogen) atoms. The highest BCUT2D eigenvalue weighted by molar-refractivity contribution is 7.99. The zero-order valence-corrected chi connectivity index (χ0v) is 12.4. The first-order chi connectivity index (χ1) is 8.33. The molecular weight excluding hydrogens is 250 g/mol. The number of carbonyl (C=O) groups is 1. The minimum atomic E-state index is -0.200. The van der Waals surface area contributed by atoms with E-state index in [2.05, 4.69) is 20.8 Å². The summed E-state index contributed by atoms with van der Waals surface area (Å²) in [4.78, 5) is 11.7. The van der Waals surface area contributed by atoms with Crippen molar-refractivity contribution < 1.29 is 4.79 Å². The molecule has 0 saturated carbocycles. The van der Waals surface area contributed by atoms with E-state index in [1.54, 1.807) is 0 Å². The van der Waals surface area contributed by atoms with Gasteiger partial charge in [-0.2, -0.15) is 0 Å². The van der Waals surface area contributed by atoms with Gasteiger partial charge in [-0.1, -0.05) is 11.8 Å². The smallest absolute Gasteiger partial charge is 0.230 e. The molecule has 0 spiro atoms. The average Bonchev–Trinajstić information content (AvgIpc) is 2.56. The average molecular weight is 271 g/mol. The van der Waals surface area contributed by atoms with Crippen molar-refractivity contribution in [2.24, 2.45) is 7.05 Å². The fourth-order valence-electron chi connectivity index (χ4n) is 1.37. The predicted octanol–water partition coefficient (Wildman–Crippen LogP) is 0.541. The maximum Gasteiger partial charge on any atom is 0.230 e. The van der Waals surface area contributed by atoms with Crippen LogP contribution in [-0.4, -0.2) is 39.0 Å². The van der Waals surface area contributed by atoms with Crippen molar-refractivity contribution in [1.29, 1.82) is 0 Å². The zero-order valence-electron chi connectivity index (χ0n) is 11.6. The summed E-state index contributed by atoms with van der Waals surface area (Å²) in [6, 6.07) is 0. The van der Waals surface area contributed by atoms with Crippen molar-refractivity contribution in [2.45, 2.75) is 38.0 Å². The van der Waals surface area contributed by atoms with Gasteiger partial charge in [0.1, 0.15) is 5.82 Å². The highest BCUT2D eigenvalue weighted by Gasteiger charge is 2.15. The third-order valence-corrected chi connectivity index (χ3v) is 3.13. The minimum Gasteiger partial charge on any atom is -0.351 e. The molecule has 2 N–H and O–H groups in total. The van der Waals surface area contributed by atoms with Crippen LogP contribution in [0.1, 0.15) is 26.6 Å². The summed E-state index contributed by atoms with van der Waals surface area (Å²) in [6.45, 7) is 6.55. The zero-order chi connectivity index (χ0) is 13.8. The third-order valence-electron chi connectivity index (χ3n) is 2.11. The number of nitrogens with one attached hydrogen (secondary N) is 2. The standard InChI is InChI=1S/C11H21N5OS/c1-11(2,3)13-9(17)7-18-10-15-14-8(6-12-4)16(10)5/h12H,6-7H2,1-5H3,(H,13,17). The number of hydrogen-bond acceptors (Lipinski definition) is 5. The molecule has 0 bridgehead atoms. The van der Waals surface area contributed by atoms with Gasteiger partial charge in [-0.05, 0) is 27.8 Å². The Bertz CT molecular complexity index is 410. The van der Waals surface area contributed by atoms with Gasteiger partial charge in [0.05, 0.1) is 12.3 Å². The summed E-state index contributed by atoms with van der Waals surface area (Å²) in [7, 11) is 3.76. The number of aromatic nitrogens is 3. The maximum atomic E-state index is 11.7. The predicted molar refractivity (Wildman–Crippen MR) is 72.4 cm³/mol. The number of amides is 1. The largest absolute Gasteiger partial charge is 0.351 e. The molecule has 0 aliphatic carbocycles. The fourth-order valence-corrected chi connectivity index (χ4v) is 2.10. The Hall–Kier alpha value is -1.08. The topological polar surface area (TPSA) is 71.8 Å². The van der Waals surface area contributed by atoms with E-state index in [-0.39, 0.29) is 11.4 Å². The maximum absolute atomic E-state index is 11.7. The third kappa shape index (κ3) is 4.66. The van der Waals surface area contributed by atoms with Crippen molar-refractivity contribution in [2.75, 3.05) is 12.8 Å². The van der Waals surface area contributed by atoms with Gasteiger partial charge in [0, 0.05) is 12.6 Å². The normalized spacial score (nSPS) is 11.6. The summed E-state index contributed by atoms with van der Waals surface area (Å²) in [5, 5.41) is 14.8. The van der Waals surface area contributed by atoms with E-state index in [1.165, 1.54) is 11.8 Å². The van der Waals surface area contributed by atoms with Crippen LogP contribution in [0.15, 0.2) is 5.16 Å². The second-order valence-corrected chi connectivity index (χ2v) is 6.02. The Morgan fingerprint density at radius 3 is 2.61 bits per heavy atom. The van der Waals surface area contributed by atoms with E-state index in [0.29, 0.717) is 12.3 Å². The van der Waals surface area contributed by atoms with E-state index in [1.807, 2.05) is 39.4 Å². The Morgan fingerprint density at radius 1 is 1.39 bits per heavy atom. The first-order valence-electron chi connectivity index (χ1n) is 5.80. The van der Waals surface area contributed by atoms with Crippen LogP contribution < -0.4 is 10.6 Å². The van der Waals surface area contributed by atoms with Gasteiger partial charge in [0.2, 0.25) is 5.91 Å². The molecule has 7 heteroatoms. The van der Waals surface area contributed by atoms with Gasteiger partial charge in [0.25, 0.3) is 0 Å². The SMILES string of the molecule is CNCc1nnc(SCC(=O)NC(C)(C)C)n1C. The summed E-state index contributed by atoms with van der Waals surface area (Å²) >= 11 is 1.39. The first-order valence-corrected chi connectivity index (χ1v) is 6.78. The number of thioether (sulfide) groups is 1. The van der Waals surface area contributed by atoms with Crippen LogP contribution in [0.25, 0.3) is 0 Å². The van der Waals surface area contributed by atoms with Crippen molar-refractivity contribution >= 4 is 17.7 Å². The number of carbonyl (C=O) groups excluding carboxylic acids is 1. The lowest BCUT2D eigenvalue weighted by atomic mass is 10.1. The first kappa shape index (κ1) is 15.0. The fraction of sp³-hybridized carbons (Fsp3) is 0.727. The van der Waals surface area contributed by atoms with Gasteiger partial charge in [-0.15, -0.1) is 10.2 Å². The molecule has 1 aromatic heterocycles. The van der Waals surface area contributed by atoms with E-state index in [9.17, 15) is 4.79 Å². The molecule has 1 rings (SSSR count). The molecule has 0 saturated heterocycles. The summed E-state index contributed by atoms with van der Waals surface area (Å²) < 4.78 is 1.89. The van der Waals surface area contributed by atoms with Crippen molar-refractivity contribution in [3.05, 3.63) is 5.82 Å². The molecule has 0 aliphatic heterocycles. The molecule has 6 nitrogen and oxygen atoms in total. The molecule has 1 aromatic rings. The molecule has 0 atom stereocenters. The molecule has 0 aliphatic rings. The van der Waals surface area contributed by atoms with Crippen molar-refractivity contribution in [1.82, 2.24) is 25.4 Å². The van der Waals surface area contributed by atoms with Crippen LogP contribution in [0.4, 0.5) is 0 Å². The molecule has 1 amide bonds. The van der Waals surface area contributed by atoms with E-state index < -0.39 is 0 Å². The van der Waals surface area contributed by atoms with Crippen molar-refractivity contribution in [3.63, 3.8) is 0 Å². The number of hydrogen-bond donors (Lipinski definition) is 2. The molecule has 1 heterocycles. The molecule has 0 fully saturated rings. The summed E-state index contributed by atoms with van der Waals surface area (Å²) in [5.74, 6) is 1.21. The molecule has 0 unspecified atom stereocenters. The second-order valence-electron chi connectivity index (χ2n) is 5.08. The Labute approximate surface area is 112 Å². The van der Waals surface area contributed by atoms with E-state index in [4.69, 9.17) is 0 Å². The highest BCUT2D eigenvalue weighted by Crippen LogP contribution is 2.15. The van der Waals surface area contributed by atoms with Crippen LogP contribution in [-0.2, 0) is 18.4 Å². The lowest BCUT2D eigenvalue weighted by Gasteiger charge is -2.20. The summed E-state index contributed by atoms with van der Waals surface area (Å²) in [5.41, 5.74) is -0.200. The lowest BCUT2D eigenvalue weighted by Crippen LogP contribution is -2.41. The Balaban J connectivity index is 2.51. The van der Waals surface area contributed by atoms with Crippen LogP contribution in [0, 0.1) is 0 Å². The van der Waals surface area contributed by atoms with Gasteiger partial charge >= 0.3 is 0 Å². The summed E-state index contributed by atoms with van der Waals surface area (Å²) in [6.07, 6.45) is 0. The van der Waals surface area contributed by atoms with Gasteiger partial charge < -0.3 is 15.2 Å². The van der Waals surface area contributed by atoms with E-state index >= 15 is 0 Å². The molecule has 0 aromatic carbocycles. The monoisotopic (exact) mass is 271 g/mol. The van der Waals surface area contributed by atoms with Crippen LogP contribution in [0.3, 0.4) is 0 Å². The van der Waals surface area contributed by atoms with Crippen LogP contribution in [0.5, 0.6) is 0 Å². The quantitative estimate of drug-likeness (QED) is 0.765. The number of rotatable bonds is 5. The second kappa shape index (κ2) is 6.19. The lowest BCUT2D eigenvalue weighted by molar-refractivity contribution is -0.119. The van der Waals surface area contributed by atoms with Gasteiger partial charge in [-0.25, -0.2) is 0 Å². The Kier molecular flexibility index (Phi) is 5.15. The van der Waals surface area contributed by atoms with Crippen molar-refractivity contribution in [3.8, 4) is 0 Å². The molecular formula is C11H21N5OS. The Morgan fingerprint density at radius 2 is 2.06 bits per heavy atom. The van der Waals surface area contributed by atoms with Gasteiger partial charge in [0.15, 0.2) is 5.16 Å². The number of nitrogens with zero attached hydrogens (tertiary/aromatic N) is 3. The van der Waals surface area contributed by atoms with Crippen LogP contribution >= 0.6 is 11.8 Å². The molecule has 102 valence electrons. The minimum absolute atomic E-state index is 0.00525. The van der Waals surface area contributed by atoms with E-state index in [0.717, 1.165) is 11.0 Å².